The van der Waals surface area contributed by atoms with E-state index >= 15 is 0 Å². The summed E-state index contributed by atoms with van der Waals surface area (Å²) in [6.07, 6.45) is 0.917. The van der Waals surface area contributed by atoms with Crippen molar-refractivity contribution in [1.82, 2.24) is 0 Å². The SMILES string of the molecule is CC1(C)COc2ccc(C(Br)Cc3cccc(Cl)c3)cc21. The van der Waals surface area contributed by atoms with Gasteiger partial charge in [0.05, 0.1) is 6.61 Å². The summed E-state index contributed by atoms with van der Waals surface area (Å²) in [6.45, 7) is 5.21. The van der Waals surface area contributed by atoms with Gasteiger partial charge in [0.25, 0.3) is 0 Å². The Kier molecular flexibility index (Phi) is 4.02. The normalized spacial score (nSPS) is 17.1. The molecule has 0 aliphatic carbocycles. The second kappa shape index (κ2) is 5.66. The van der Waals surface area contributed by atoms with E-state index in [0.29, 0.717) is 0 Å². The van der Waals surface area contributed by atoms with E-state index in [1.165, 1.54) is 16.7 Å². The molecule has 3 rings (SSSR count). The van der Waals surface area contributed by atoms with Crippen LogP contribution in [0.25, 0.3) is 0 Å². The molecule has 0 saturated carbocycles. The van der Waals surface area contributed by atoms with Crippen LogP contribution in [0.5, 0.6) is 5.75 Å². The molecule has 110 valence electrons. The second-order valence-corrected chi connectivity index (χ2v) is 7.77. The van der Waals surface area contributed by atoms with Crippen molar-refractivity contribution in [2.24, 2.45) is 0 Å². The van der Waals surface area contributed by atoms with Gasteiger partial charge in [0.15, 0.2) is 0 Å². The Labute approximate surface area is 139 Å². The lowest BCUT2D eigenvalue weighted by Crippen LogP contribution is -2.18. The van der Waals surface area contributed by atoms with Gasteiger partial charge in [0.2, 0.25) is 0 Å². The fraction of sp³-hybridized carbons (Fsp3) is 0.333. The minimum absolute atomic E-state index is 0.0914. The highest BCUT2D eigenvalue weighted by atomic mass is 79.9. The molecule has 2 aromatic rings. The smallest absolute Gasteiger partial charge is 0.123 e. The molecule has 1 heterocycles. The molecule has 2 aromatic carbocycles. The first kappa shape index (κ1) is 14.9. The van der Waals surface area contributed by atoms with Gasteiger partial charge in [-0.25, -0.2) is 0 Å². The van der Waals surface area contributed by atoms with E-state index in [1.54, 1.807) is 0 Å². The van der Waals surface area contributed by atoms with Crippen LogP contribution in [0, 0.1) is 0 Å². The van der Waals surface area contributed by atoms with Crippen LogP contribution < -0.4 is 4.74 Å². The lowest BCUT2D eigenvalue weighted by atomic mass is 9.85. The Bertz CT molecular complexity index is 666. The first-order chi connectivity index (χ1) is 9.95. The highest BCUT2D eigenvalue weighted by molar-refractivity contribution is 9.09. The highest BCUT2D eigenvalue weighted by Crippen LogP contribution is 2.41. The van der Waals surface area contributed by atoms with Crippen molar-refractivity contribution >= 4 is 27.5 Å². The largest absolute Gasteiger partial charge is 0.492 e. The lowest BCUT2D eigenvalue weighted by molar-refractivity contribution is 0.291. The minimum atomic E-state index is 0.0914. The molecule has 21 heavy (non-hydrogen) atoms. The molecule has 1 aliphatic rings. The fourth-order valence-electron chi connectivity index (χ4n) is 2.72. The predicted molar refractivity (Wildman–Crippen MR) is 91.8 cm³/mol. The van der Waals surface area contributed by atoms with Crippen LogP contribution in [-0.4, -0.2) is 6.61 Å². The number of alkyl halides is 1. The summed E-state index contributed by atoms with van der Waals surface area (Å²) >= 11 is 9.87. The maximum atomic E-state index is 6.06. The summed E-state index contributed by atoms with van der Waals surface area (Å²) in [7, 11) is 0. The number of fused-ring (bicyclic) bond motifs is 1. The third kappa shape index (κ3) is 3.12. The summed E-state index contributed by atoms with van der Waals surface area (Å²) in [5.41, 5.74) is 3.91. The van der Waals surface area contributed by atoms with Gasteiger partial charge in [-0.15, -0.1) is 0 Å². The summed E-state index contributed by atoms with van der Waals surface area (Å²) in [4.78, 5) is 0.276. The molecule has 0 saturated heterocycles. The van der Waals surface area contributed by atoms with E-state index in [4.69, 9.17) is 16.3 Å². The monoisotopic (exact) mass is 364 g/mol. The molecule has 0 aromatic heterocycles. The van der Waals surface area contributed by atoms with E-state index in [1.807, 2.05) is 18.2 Å². The van der Waals surface area contributed by atoms with Gasteiger partial charge in [0.1, 0.15) is 5.75 Å². The second-order valence-electron chi connectivity index (χ2n) is 6.23. The number of rotatable bonds is 3. The van der Waals surface area contributed by atoms with E-state index in [9.17, 15) is 0 Å². The van der Waals surface area contributed by atoms with Gasteiger partial charge in [-0.05, 0) is 35.7 Å². The van der Waals surface area contributed by atoms with E-state index < -0.39 is 0 Å². The Morgan fingerprint density at radius 3 is 2.81 bits per heavy atom. The van der Waals surface area contributed by atoms with Crippen LogP contribution in [0.4, 0.5) is 0 Å². The zero-order chi connectivity index (χ0) is 15.0. The zero-order valence-electron chi connectivity index (χ0n) is 12.2. The van der Waals surface area contributed by atoms with Crippen molar-refractivity contribution in [1.29, 1.82) is 0 Å². The molecule has 1 unspecified atom stereocenters. The Morgan fingerprint density at radius 2 is 2.05 bits per heavy atom. The first-order valence-electron chi connectivity index (χ1n) is 7.11. The lowest BCUT2D eigenvalue weighted by Gasteiger charge is -2.17. The van der Waals surface area contributed by atoms with Crippen molar-refractivity contribution in [2.75, 3.05) is 6.61 Å². The van der Waals surface area contributed by atoms with Crippen LogP contribution >= 0.6 is 27.5 Å². The first-order valence-corrected chi connectivity index (χ1v) is 8.41. The minimum Gasteiger partial charge on any atom is -0.492 e. The van der Waals surface area contributed by atoms with Crippen LogP contribution in [-0.2, 0) is 11.8 Å². The fourth-order valence-corrected chi connectivity index (χ4v) is 3.59. The number of ether oxygens (including phenoxy) is 1. The molecular weight excluding hydrogens is 348 g/mol. The zero-order valence-corrected chi connectivity index (χ0v) is 14.5. The average Bonchev–Trinajstić information content (AvgIpc) is 2.74. The summed E-state index contributed by atoms with van der Waals surface area (Å²) in [5.74, 6) is 1.02. The number of hydrogen-bond acceptors (Lipinski definition) is 1. The summed E-state index contributed by atoms with van der Waals surface area (Å²) in [5, 5.41) is 0.788. The van der Waals surface area contributed by atoms with Crippen molar-refractivity contribution in [3.05, 3.63) is 64.2 Å². The molecule has 0 amide bonds. The Morgan fingerprint density at radius 1 is 1.24 bits per heavy atom. The van der Waals surface area contributed by atoms with Crippen molar-refractivity contribution in [3.63, 3.8) is 0 Å². The maximum Gasteiger partial charge on any atom is 0.123 e. The molecule has 0 radical (unpaired) electrons. The predicted octanol–water partition coefficient (Wildman–Crippen LogP) is 5.69. The van der Waals surface area contributed by atoms with Crippen molar-refractivity contribution < 1.29 is 4.74 Å². The van der Waals surface area contributed by atoms with Crippen LogP contribution in [0.1, 0.15) is 35.4 Å². The third-order valence-electron chi connectivity index (χ3n) is 3.99. The topological polar surface area (TPSA) is 9.23 Å². The van der Waals surface area contributed by atoms with Crippen molar-refractivity contribution in [3.8, 4) is 5.75 Å². The molecule has 1 aliphatic heterocycles. The van der Waals surface area contributed by atoms with E-state index in [0.717, 1.165) is 23.8 Å². The van der Waals surface area contributed by atoms with Crippen molar-refractivity contribution in [2.45, 2.75) is 30.5 Å². The molecule has 1 nitrogen and oxygen atoms in total. The molecule has 0 N–H and O–H groups in total. The van der Waals surface area contributed by atoms with E-state index in [-0.39, 0.29) is 10.2 Å². The molecular formula is C18H18BrClO. The van der Waals surface area contributed by atoms with Crippen LogP contribution in [0.3, 0.4) is 0 Å². The number of halogens is 2. The Hall–Kier alpha value is -0.990. The standard InChI is InChI=1S/C18H18BrClO/c1-18(2)11-21-17-7-6-13(10-15(17)18)16(19)9-12-4-3-5-14(20)8-12/h3-8,10,16H,9,11H2,1-2H3. The van der Waals surface area contributed by atoms with Gasteiger partial charge < -0.3 is 4.74 Å². The van der Waals surface area contributed by atoms with Crippen LogP contribution in [0.15, 0.2) is 42.5 Å². The number of benzene rings is 2. The summed E-state index contributed by atoms with van der Waals surface area (Å²) in [6, 6.07) is 14.5. The van der Waals surface area contributed by atoms with Crippen LogP contribution in [0.2, 0.25) is 5.02 Å². The van der Waals surface area contributed by atoms with E-state index in [2.05, 4.69) is 54.0 Å². The third-order valence-corrected chi connectivity index (χ3v) is 5.07. The number of hydrogen-bond donors (Lipinski definition) is 0. The van der Waals surface area contributed by atoms with Gasteiger partial charge in [-0.2, -0.15) is 0 Å². The summed E-state index contributed by atoms with van der Waals surface area (Å²) < 4.78 is 5.75. The highest BCUT2D eigenvalue weighted by Gasteiger charge is 2.32. The molecule has 0 spiro atoms. The average molecular weight is 366 g/mol. The quantitative estimate of drug-likeness (QED) is 0.635. The van der Waals surface area contributed by atoms with Gasteiger partial charge >= 0.3 is 0 Å². The van der Waals surface area contributed by atoms with Gasteiger partial charge in [0, 0.05) is 20.8 Å². The molecule has 0 bridgehead atoms. The molecule has 3 heteroatoms. The van der Waals surface area contributed by atoms with Gasteiger partial charge in [-0.3, -0.25) is 0 Å². The maximum absolute atomic E-state index is 6.06. The molecule has 1 atom stereocenters. The Balaban J connectivity index is 1.84. The molecule has 0 fully saturated rings. The van der Waals surface area contributed by atoms with Gasteiger partial charge in [-0.1, -0.05) is 65.6 Å².